The molecule has 1 aliphatic rings. The minimum atomic E-state index is 0.555. The first-order valence-electron chi connectivity index (χ1n) is 9.78. The van der Waals surface area contributed by atoms with E-state index in [1.165, 1.54) is 24.0 Å². The van der Waals surface area contributed by atoms with Gasteiger partial charge in [-0.2, -0.15) is 5.10 Å². The molecule has 0 saturated carbocycles. The number of furan rings is 1. The fourth-order valence-corrected chi connectivity index (χ4v) is 3.81. The zero-order chi connectivity index (χ0) is 18.6. The molecule has 0 amide bonds. The molecule has 1 fully saturated rings. The molecule has 0 radical (unpaired) electrons. The van der Waals surface area contributed by atoms with Crippen LogP contribution in [-0.2, 0) is 13.1 Å². The van der Waals surface area contributed by atoms with Crippen LogP contribution in [0.1, 0.15) is 35.3 Å². The molecule has 1 aromatic carbocycles. The van der Waals surface area contributed by atoms with Gasteiger partial charge >= 0.3 is 0 Å². The maximum atomic E-state index is 5.73. The molecular formula is C22H28N4O. The van der Waals surface area contributed by atoms with Gasteiger partial charge in [-0.3, -0.25) is 10.00 Å². The number of aromatic amines is 1. The van der Waals surface area contributed by atoms with Gasteiger partial charge in [0.25, 0.3) is 0 Å². The van der Waals surface area contributed by atoms with E-state index >= 15 is 0 Å². The first-order valence-corrected chi connectivity index (χ1v) is 9.78. The Morgan fingerprint density at radius 2 is 1.93 bits per heavy atom. The number of aryl methyl sites for hydroxylation is 2. The van der Waals surface area contributed by atoms with Crippen molar-refractivity contribution in [1.82, 2.24) is 20.4 Å². The van der Waals surface area contributed by atoms with Crippen LogP contribution in [0, 0.1) is 13.8 Å². The van der Waals surface area contributed by atoms with Gasteiger partial charge in [0, 0.05) is 24.7 Å². The summed E-state index contributed by atoms with van der Waals surface area (Å²) in [6.07, 6.45) is 4.26. The second-order valence-corrected chi connectivity index (χ2v) is 7.54. The van der Waals surface area contributed by atoms with Crippen molar-refractivity contribution in [1.29, 1.82) is 0 Å². The normalized spacial score (nSPS) is 16.1. The first-order chi connectivity index (χ1) is 13.2. The van der Waals surface area contributed by atoms with Gasteiger partial charge in [0.1, 0.15) is 11.5 Å². The Balaban J connectivity index is 1.28. The summed E-state index contributed by atoms with van der Waals surface area (Å²) in [6, 6.07) is 13.2. The van der Waals surface area contributed by atoms with Crippen LogP contribution in [0.3, 0.4) is 0 Å². The van der Waals surface area contributed by atoms with E-state index in [1.807, 2.05) is 25.3 Å². The van der Waals surface area contributed by atoms with Crippen molar-refractivity contribution in [2.75, 3.05) is 13.1 Å². The molecule has 2 aromatic heterocycles. The number of rotatable bonds is 6. The van der Waals surface area contributed by atoms with Crippen molar-refractivity contribution in [3.05, 3.63) is 65.0 Å². The van der Waals surface area contributed by atoms with Crippen LogP contribution in [-0.4, -0.2) is 34.2 Å². The number of likely N-dealkylation sites (tertiary alicyclic amines) is 1. The third-order valence-corrected chi connectivity index (χ3v) is 5.53. The standard InChI is InChI=1S/C22H28N4O/c1-16-5-3-4-6-18(16)15-26-11-9-20(10-12-26)23-13-19-14-24-25-22(19)21-8-7-17(2)27-21/h3-8,14,20,23H,9-13,15H2,1-2H3,(H,24,25). The number of nitrogens with zero attached hydrogens (tertiary/aromatic N) is 2. The monoisotopic (exact) mass is 364 g/mol. The Hall–Kier alpha value is -2.37. The van der Waals surface area contributed by atoms with Crippen LogP contribution >= 0.6 is 0 Å². The summed E-state index contributed by atoms with van der Waals surface area (Å²) in [5.74, 6) is 1.77. The maximum absolute atomic E-state index is 5.73. The van der Waals surface area contributed by atoms with E-state index in [0.29, 0.717) is 6.04 Å². The van der Waals surface area contributed by atoms with Gasteiger partial charge in [-0.25, -0.2) is 0 Å². The molecule has 0 aliphatic carbocycles. The third-order valence-electron chi connectivity index (χ3n) is 5.53. The molecule has 5 nitrogen and oxygen atoms in total. The van der Waals surface area contributed by atoms with Gasteiger partial charge in [-0.1, -0.05) is 24.3 Å². The van der Waals surface area contributed by atoms with E-state index in [2.05, 4.69) is 51.6 Å². The van der Waals surface area contributed by atoms with E-state index in [0.717, 1.165) is 49.0 Å². The Bertz CT molecular complexity index is 874. The smallest absolute Gasteiger partial charge is 0.152 e. The van der Waals surface area contributed by atoms with Crippen LogP contribution in [0.5, 0.6) is 0 Å². The van der Waals surface area contributed by atoms with Crippen LogP contribution in [0.2, 0.25) is 0 Å². The Kier molecular flexibility index (Phi) is 5.41. The van der Waals surface area contributed by atoms with E-state index in [9.17, 15) is 0 Å². The van der Waals surface area contributed by atoms with Crippen LogP contribution in [0.4, 0.5) is 0 Å². The molecule has 0 spiro atoms. The highest BCUT2D eigenvalue weighted by Crippen LogP contribution is 2.24. The lowest BCUT2D eigenvalue weighted by Gasteiger charge is -2.32. The van der Waals surface area contributed by atoms with Crippen molar-refractivity contribution >= 4 is 0 Å². The zero-order valence-electron chi connectivity index (χ0n) is 16.2. The minimum Gasteiger partial charge on any atom is -0.460 e. The summed E-state index contributed by atoms with van der Waals surface area (Å²) in [6.45, 7) is 8.32. The van der Waals surface area contributed by atoms with Crippen LogP contribution in [0.25, 0.3) is 11.5 Å². The number of nitrogens with one attached hydrogen (secondary N) is 2. The molecule has 142 valence electrons. The van der Waals surface area contributed by atoms with Gasteiger partial charge in [0.2, 0.25) is 0 Å². The molecule has 0 unspecified atom stereocenters. The summed E-state index contributed by atoms with van der Waals surface area (Å²) >= 11 is 0. The quantitative estimate of drug-likeness (QED) is 0.693. The molecule has 1 aliphatic heterocycles. The lowest BCUT2D eigenvalue weighted by atomic mass is 10.0. The molecule has 1 saturated heterocycles. The average Bonchev–Trinajstić information content (AvgIpc) is 3.31. The fourth-order valence-electron chi connectivity index (χ4n) is 3.81. The van der Waals surface area contributed by atoms with Crippen molar-refractivity contribution in [2.45, 2.75) is 45.8 Å². The Morgan fingerprint density at radius 3 is 2.67 bits per heavy atom. The average molecular weight is 364 g/mol. The van der Waals surface area contributed by atoms with Gasteiger partial charge in [0.15, 0.2) is 5.76 Å². The van der Waals surface area contributed by atoms with Crippen molar-refractivity contribution in [2.24, 2.45) is 0 Å². The fraction of sp³-hybridized carbons (Fsp3) is 0.409. The van der Waals surface area contributed by atoms with Crippen LogP contribution in [0.15, 0.2) is 47.0 Å². The Morgan fingerprint density at radius 1 is 1.11 bits per heavy atom. The van der Waals surface area contributed by atoms with Gasteiger partial charge in [0.05, 0.1) is 6.20 Å². The number of H-pyrrole nitrogens is 1. The number of hydrogen-bond acceptors (Lipinski definition) is 4. The number of aromatic nitrogens is 2. The van der Waals surface area contributed by atoms with E-state index in [-0.39, 0.29) is 0 Å². The Labute approximate surface area is 160 Å². The number of benzene rings is 1. The topological polar surface area (TPSA) is 57.1 Å². The largest absolute Gasteiger partial charge is 0.460 e. The minimum absolute atomic E-state index is 0.555. The predicted octanol–water partition coefficient (Wildman–Crippen LogP) is 4.04. The highest BCUT2D eigenvalue weighted by molar-refractivity contribution is 5.56. The lowest BCUT2D eigenvalue weighted by Crippen LogP contribution is -2.41. The summed E-state index contributed by atoms with van der Waals surface area (Å²) in [5.41, 5.74) is 4.97. The van der Waals surface area contributed by atoms with Gasteiger partial charge < -0.3 is 9.73 Å². The molecule has 0 atom stereocenters. The first kappa shape index (κ1) is 18.0. The number of hydrogen-bond donors (Lipinski definition) is 2. The van der Waals surface area contributed by atoms with Crippen LogP contribution < -0.4 is 5.32 Å². The summed E-state index contributed by atoms with van der Waals surface area (Å²) in [5, 5.41) is 11.0. The molecule has 4 rings (SSSR count). The molecular weight excluding hydrogens is 336 g/mol. The predicted molar refractivity (Wildman–Crippen MR) is 107 cm³/mol. The molecule has 3 aromatic rings. The molecule has 2 N–H and O–H groups in total. The molecule has 27 heavy (non-hydrogen) atoms. The summed E-state index contributed by atoms with van der Waals surface area (Å²) < 4.78 is 5.73. The van der Waals surface area contributed by atoms with E-state index < -0.39 is 0 Å². The van der Waals surface area contributed by atoms with Gasteiger partial charge in [-0.15, -0.1) is 0 Å². The summed E-state index contributed by atoms with van der Waals surface area (Å²) in [4.78, 5) is 2.56. The van der Waals surface area contributed by atoms with E-state index in [4.69, 9.17) is 4.42 Å². The van der Waals surface area contributed by atoms with Crippen molar-refractivity contribution in [3.8, 4) is 11.5 Å². The molecule has 0 bridgehead atoms. The summed E-state index contributed by atoms with van der Waals surface area (Å²) in [7, 11) is 0. The molecule has 5 heteroatoms. The van der Waals surface area contributed by atoms with E-state index in [1.54, 1.807) is 0 Å². The zero-order valence-corrected chi connectivity index (χ0v) is 16.2. The number of piperidine rings is 1. The SMILES string of the molecule is Cc1ccc(-c2[nH]ncc2CNC2CCN(Cc3ccccc3C)CC2)o1. The highest BCUT2D eigenvalue weighted by atomic mass is 16.3. The second kappa shape index (κ2) is 8.11. The second-order valence-electron chi connectivity index (χ2n) is 7.54. The highest BCUT2D eigenvalue weighted by Gasteiger charge is 2.20. The van der Waals surface area contributed by atoms with Crippen molar-refractivity contribution < 1.29 is 4.42 Å². The maximum Gasteiger partial charge on any atom is 0.152 e. The molecule has 3 heterocycles. The van der Waals surface area contributed by atoms with Gasteiger partial charge in [-0.05, 0) is 63.0 Å². The lowest BCUT2D eigenvalue weighted by molar-refractivity contribution is 0.190. The van der Waals surface area contributed by atoms with Crippen molar-refractivity contribution in [3.63, 3.8) is 0 Å². The third kappa shape index (κ3) is 4.31.